The van der Waals surface area contributed by atoms with Crippen molar-refractivity contribution in [2.45, 2.75) is 44.7 Å². The van der Waals surface area contributed by atoms with E-state index in [1.165, 1.54) is 19.3 Å². The van der Waals surface area contributed by atoms with E-state index in [4.69, 9.17) is 0 Å². The molecular formula is C7H14B. The summed E-state index contributed by atoms with van der Waals surface area (Å²) in [6, 6.07) is 0. The van der Waals surface area contributed by atoms with Crippen LogP contribution in [-0.4, -0.2) is 7.28 Å². The second-order valence-corrected chi connectivity index (χ2v) is 2.72. The van der Waals surface area contributed by atoms with Crippen molar-refractivity contribution in [3.05, 3.63) is 0 Å². The summed E-state index contributed by atoms with van der Waals surface area (Å²) in [7, 11) is 2.48. The third-order valence-electron chi connectivity index (χ3n) is 2.00. The van der Waals surface area contributed by atoms with Crippen molar-refractivity contribution in [3.63, 3.8) is 0 Å². The molecule has 2 unspecified atom stereocenters. The molecule has 0 aromatic carbocycles. The molecule has 0 aromatic heterocycles. The first-order chi connectivity index (χ1) is 3.88. The van der Waals surface area contributed by atoms with Crippen LogP contribution in [0.1, 0.15) is 33.1 Å². The van der Waals surface area contributed by atoms with Crippen molar-refractivity contribution in [2.24, 2.45) is 0 Å². The van der Waals surface area contributed by atoms with Gasteiger partial charge in [0.1, 0.15) is 7.28 Å². The molecule has 0 nitrogen and oxygen atoms in total. The summed E-state index contributed by atoms with van der Waals surface area (Å²) in [6.45, 7) is 4.54. The Morgan fingerprint density at radius 2 is 2.00 bits per heavy atom. The fourth-order valence-corrected chi connectivity index (χ4v) is 1.34. The Balaban J connectivity index is 1.99. The van der Waals surface area contributed by atoms with Crippen molar-refractivity contribution in [2.75, 3.05) is 0 Å². The van der Waals surface area contributed by atoms with Gasteiger partial charge in [-0.1, -0.05) is 44.7 Å². The van der Waals surface area contributed by atoms with Crippen LogP contribution < -0.4 is 0 Å². The standard InChI is InChI=1S/C7H14B/c1-3-5-7-6(4-2)8-7/h6-7H,3-5H2,1-2H3. The summed E-state index contributed by atoms with van der Waals surface area (Å²) in [4.78, 5) is 0. The lowest BCUT2D eigenvalue weighted by molar-refractivity contribution is 0.736. The molecule has 0 aliphatic carbocycles. The Hall–Kier alpha value is 0.0649. The zero-order valence-electron chi connectivity index (χ0n) is 5.85. The Morgan fingerprint density at radius 1 is 1.25 bits per heavy atom. The van der Waals surface area contributed by atoms with E-state index in [0.717, 1.165) is 11.6 Å². The van der Waals surface area contributed by atoms with E-state index in [0.29, 0.717) is 0 Å². The molecule has 2 atom stereocenters. The summed E-state index contributed by atoms with van der Waals surface area (Å²) in [5.74, 6) is 2.00. The van der Waals surface area contributed by atoms with E-state index in [9.17, 15) is 0 Å². The van der Waals surface area contributed by atoms with Crippen LogP contribution in [0.5, 0.6) is 0 Å². The van der Waals surface area contributed by atoms with E-state index < -0.39 is 0 Å². The van der Waals surface area contributed by atoms with Gasteiger partial charge in [0.05, 0.1) is 0 Å². The van der Waals surface area contributed by atoms with E-state index in [1.54, 1.807) is 0 Å². The molecule has 0 amide bonds. The van der Waals surface area contributed by atoms with Gasteiger partial charge in [0, 0.05) is 0 Å². The Labute approximate surface area is 52.9 Å². The molecule has 1 radical (unpaired) electrons. The lowest BCUT2D eigenvalue weighted by Gasteiger charge is -1.91. The lowest BCUT2D eigenvalue weighted by Crippen LogP contribution is -1.68. The molecule has 0 saturated carbocycles. The van der Waals surface area contributed by atoms with Gasteiger partial charge in [0.15, 0.2) is 0 Å². The molecule has 1 heterocycles. The predicted molar refractivity (Wildman–Crippen MR) is 38.5 cm³/mol. The first-order valence-electron chi connectivity index (χ1n) is 3.73. The summed E-state index contributed by atoms with van der Waals surface area (Å²) < 4.78 is 0. The highest BCUT2D eigenvalue weighted by Crippen LogP contribution is 2.47. The zero-order valence-corrected chi connectivity index (χ0v) is 5.85. The maximum Gasteiger partial charge on any atom is 0.116 e. The summed E-state index contributed by atoms with van der Waals surface area (Å²) in [5, 5.41) is 0. The molecule has 1 fully saturated rings. The van der Waals surface area contributed by atoms with Crippen LogP contribution in [0.3, 0.4) is 0 Å². The highest BCUT2D eigenvalue weighted by atomic mass is 14.2. The third kappa shape index (κ3) is 1.27. The van der Waals surface area contributed by atoms with Gasteiger partial charge in [-0.05, 0) is 0 Å². The van der Waals surface area contributed by atoms with Gasteiger partial charge in [-0.15, -0.1) is 0 Å². The molecule has 1 aliphatic rings. The van der Waals surface area contributed by atoms with Crippen molar-refractivity contribution in [1.82, 2.24) is 0 Å². The highest BCUT2D eigenvalue weighted by molar-refractivity contribution is 6.53. The molecule has 0 N–H and O–H groups in total. The molecule has 45 valence electrons. The van der Waals surface area contributed by atoms with Crippen LogP contribution in [0.25, 0.3) is 0 Å². The van der Waals surface area contributed by atoms with Crippen LogP contribution in [-0.2, 0) is 0 Å². The van der Waals surface area contributed by atoms with Crippen molar-refractivity contribution in [1.29, 1.82) is 0 Å². The van der Waals surface area contributed by atoms with Crippen LogP contribution in [0, 0.1) is 0 Å². The zero-order chi connectivity index (χ0) is 5.98. The molecule has 1 heteroatoms. The topological polar surface area (TPSA) is 0 Å². The molecule has 1 rings (SSSR count). The van der Waals surface area contributed by atoms with Crippen LogP contribution in [0.15, 0.2) is 0 Å². The number of hydrogen-bond donors (Lipinski definition) is 0. The Kier molecular flexibility index (Phi) is 1.98. The SMILES string of the molecule is CCCC1[B]C1CC. The van der Waals surface area contributed by atoms with Gasteiger partial charge in [0.2, 0.25) is 0 Å². The monoisotopic (exact) mass is 109 g/mol. The largest absolute Gasteiger partial charge is 0.116 e. The van der Waals surface area contributed by atoms with Gasteiger partial charge in [0.25, 0.3) is 0 Å². The highest BCUT2D eigenvalue weighted by Gasteiger charge is 2.34. The molecule has 0 aromatic rings. The third-order valence-corrected chi connectivity index (χ3v) is 2.00. The minimum atomic E-state index is 0.995. The first-order valence-corrected chi connectivity index (χ1v) is 3.73. The van der Waals surface area contributed by atoms with E-state index in [-0.39, 0.29) is 0 Å². The van der Waals surface area contributed by atoms with E-state index in [1.807, 2.05) is 0 Å². The summed E-state index contributed by atoms with van der Waals surface area (Å²) in [5.41, 5.74) is 0. The van der Waals surface area contributed by atoms with E-state index in [2.05, 4.69) is 21.1 Å². The summed E-state index contributed by atoms with van der Waals surface area (Å²) >= 11 is 0. The van der Waals surface area contributed by atoms with Crippen molar-refractivity contribution < 1.29 is 0 Å². The smallest absolute Gasteiger partial charge is 0.0730 e. The van der Waals surface area contributed by atoms with Gasteiger partial charge >= 0.3 is 0 Å². The molecule has 8 heavy (non-hydrogen) atoms. The number of hydrogen-bond acceptors (Lipinski definition) is 0. The number of rotatable bonds is 3. The molecule has 0 bridgehead atoms. The minimum absolute atomic E-state index is 0.995. The van der Waals surface area contributed by atoms with E-state index >= 15 is 0 Å². The Bertz CT molecular complexity index is 70.8. The first kappa shape index (κ1) is 6.19. The fraction of sp³-hybridized carbons (Fsp3) is 1.00. The van der Waals surface area contributed by atoms with Crippen LogP contribution in [0.4, 0.5) is 0 Å². The normalized spacial score (nSPS) is 34.2. The maximum absolute atomic E-state index is 2.48. The fourth-order valence-electron chi connectivity index (χ4n) is 1.34. The average molecular weight is 109 g/mol. The van der Waals surface area contributed by atoms with Crippen molar-refractivity contribution in [3.8, 4) is 0 Å². The van der Waals surface area contributed by atoms with Gasteiger partial charge in [-0.2, -0.15) is 0 Å². The molecule has 1 saturated heterocycles. The second-order valence-electron chi connectivity index (χ2n) is 2.72. The van der Waals surface area contributed by atoms with Gasteiger partial charge in [-0.25, -0.2) is 0 Å². The molecule has 1 aliphatic heterocycles. The molecular weight excluding hydrogens is 94.9 g/mol. The van der Waals surface area contributed by atoms with Gasteiger partial charge in [-0.3, -0.25) is 0 Å². The van der Waals surface area contributed by atoms with Crippen LogP contribution in [0.2, 0.25) is 11.6 Å². The maximum atomic E-state index is 2.48. The lowest BCUT2D eigenvalue weighted by atomic mass is 9.97. The minimum Gasteiger partial charge on any atom is -0.0730 e. The quantitative estimate of drug-likeness (QED) is 0.488. The summed E-state index contributed by atoms with van der Waals surface area (Å²) in [6.07, 6.45) is 4.15. The van der Waals surface area contributed by atoms with Crippen molar-refractivity contribution >= 4 is 7.28 Å². The average Bonchev–Trinajstić information content (AvgIpc) is 2.48. The second kappa shape index (κ2) is 2.57. The molecule has 0 spiro atoms. The predicted octanol–water partition coefficient (Wildman–Crippen LogP) is 2.49. The Morgan fingerprint density at radius 3 is 2.38 bits per heavy atom. The van der Waals surface area contributed by atoms with Crippen LogP contribution >= 0.6 is 0 Å². The van der Waals surface area contributed by atoms with Gasteiger partial charge < -0.3 is 0 Å².